The molecule has 0 saturated carbocycles. The van der Waals surface area contributed by atoms with E-state index in [1.54, 1.807) is 16.7 Å². The molecule has 2 heterocycles. The van der Waals surface area contributed by atoms with Crippen molar-refractivity contribution in [1.82, 2.24) is 9.80 Å². The van der Waals surface area contributed by atoms with Crippen molar-refractivity contribution in [3.8, 4) is 0 Å². The van der Waals surface area contributed by atoms with Gasteiger partial charge in [-0.05, 0) is 26.0 Å². The number of anilines is 1. The predicted molar refractivity (Wildman–Crippen MR) is 92.8 cm³/mol. The number of hydrogen-bond donors (Lipinski definition) is 0. The summed E-state index contributed by atoms with van der Waals surface area (Å²) in [7, 11) is 0. The summed E-state index contributed by atoms with van der Waals surface area (Å²) in [6, 6.07) is 8.32. The van der Waals surface area contributed by atoms with Gasteiger partial charge in [0.15, 0.2) is 0 Å². The fourth-order valence-corrected chi connectivity index (χ4v) is 3.99. The standard InChI is InChI=1S/C17H23N3O2S/c1-13(2)18-7-9-19(10-8-18)16(21)11-20-14-5-3-4-6-15(14)23-12-17(20)22/h3-6,13H,7-12H2,1-2H3. The van der Waals surface area contributed by atoms with Gasteiger partial charge in [0.1, 0.15) is 6.54 Å². The minimum atomic E-state index is 0.0165. The van der Waals surface area contributed by atoms with E-state index in [4.69, 9.17) is 0 Å². The fourth-order valence-electron chi connectivity index (χ4n) is 3.05. The third-order valence-electron chi connectivity index (χ3n) is 4.50. The third-order valence-corrected chi connectivity index (χ3v) is 5.55. The number of rotatable bonds is 3. The van der Waals surface area contributed by atoms with Crippen LogP contribution < -0.4 is 4.90 Å². The molecule has 5 nitrogen and oxygen atoms in total. The smallest absolute Gasteiger partial charge is 0.242 e. The number of fused-ring (bicyclic) bond motifs is 1. The molecule has 124 valence electrons. The van der Waals surface area contributed by atoms with E-state index in [1.807, 2.05) is 29.2 Å². The number of amides is 2. The lowest BCUT2D eigenvalue weighted by Crippen LogP contribution is -2.53. The molecule has 1 fully saturated rings. The molecule has 2 aliphatic rings. The van der Waals surface area contributed by atoms with Gasteiger partial charge in [-0.2, -0.15) is 0 Å². The Balaban J connectivity index is 1.65. The van der Waals surface area contributed by atoms with Crippen LogP contribution in [0.3, 0.4) is 0 Å². The Morgan fingerprint density at radius 3 is 2.57 bits per heavy atom. The molecule has 0 aliphatic carbocycles. The van der Waals surface area contributed by atoms with Crippen LogP contribution >= 0.6 is 11.8 Å². The van der Waals surface area contributed by atoms with Crippen molar-refractivity contribution in [1.29, 1.82) is 0 Å². The van der Waals surface area contributed by atoms with Crippen LogP contribution in [0.1, 0.15) is 13.8 Å². The van der Waals surface area contributed by atoms with Crippen molar-refractivity contribution in [3.05, 3.63) is 24.3 Å². The van der Waals surface area contributed by atoms with E-state index in [1.165, 1.54) is 0 Å². The number of para-hydroxylation sites is 1. The first-order valence-corrected chi connectivity index (χ1v) is 9.09. The van der Waals surface area contributed by atoms with E-state index in [0.29, 0.717) is 11.8 Å². The normalized spacial score (nSPS) is 19.2. The molecule has 1 aromatic carbocycles. The monoisotopic (exact) mass is 333 g/mol. The van der Waals surface area contributed by atoms with Crippen molar-refractivity contribution in [2.45, 2.75) is 24.8 Å². The Morgan fingerprint density at radius 1 is 1.17 bits per heavy atom. The van der Waals surface area contributed by atoms with Crippen LogP contribution in [0, 0.1) is 0 Å². The van der Waals surface area contributed by atoms with E-state index in [0.717, 1.165) is 36.8 Å². The summed E-state index contributed by atoms with van der Waals surface area (Å²) >= 11 is 1.54. The van der Waals surface area contributed by atoms with Gasteiger partial charge in [0, 0.05) is 37.1 Å². The lowest BCUT2D eigenvalue weighted by atomic mass is 10.2. The largest absolute Gasteiger partial charge is 0.339 e. The molecule has 1 saturated heterocycles. The number of piperazine rings is 1. The second-order valence-corrected chi connectivity index (χ2v) is 7.26. The van der Waals surface area contributed by atoms with Crippen molar-refractivity contribution >= 4 is 29.3 Å². The Bertz CT molecular complexity index is 597. The van der Waals surface area contributed by atoms with Gasteiger partial charge in [-0.3, -0.25) is 14.5 Å². The Labute approximate surface area is 141 Å². The summed E-state index contributed by atoms with van der Waals surface area (Å²) in [4.78, 5) is 31.8. The highest BCUT2D eigenvalue weighted by Gasteiger charge is 2.29. The first kappa shape index (κ1) is 16.3. The van der Waals surface area contributed by atoms with Gasteiger partial charge in [0.25, 0.3) is 0 Å². The highest BCUT2D eigenvalue weighted by atomic mass is 32.2. The Morgan fingerprint density at radius 2 is 1.87 bits per heavy atom. The molecule has 0 spiro atoms. The SMILES string of the molecule is CC(C)N1CCN(C(=O)CN2C(=O)CSc3ccccc32)CC1. The molecule has 0 radical (unpaired) electrons. The number of hydrogen-bond acceptors (Lipinski definition) is 4. The van der Waals surface area contributed by atoms with Gasteiger partial charge < -0.3 is 9.80 Å². The summed E-state index contributed by atoms with van der Waals surface area (Å²) in [6.07, 6.45) is 0. The van der Waals surface area contributed by atoms with Gasteiger partial charge >= 0.3 is 0 Å². The number of carbonyl (C=O) groups is 2. The molecule has 2 aliphatic heterocycles. The van der Waals surface area contributed by atoms with Crippen molar-refractivity contribution in [2.24, 2.45) is 0 Å². The lowest BCUT2D eigenvalue weighted by Gasteiger charge is -2.38. The van der Waals surface area contributed by atoms with Crippen molar-refractivity contribution in [2.75, 3.05) is 43.4 Å². The summed E-state index contributed by atoms with van der Waals surface area (Å²) in [5.74, 6) is 0.470. The summed E-state index contributed by atoms with van der Waals surface area (Å²) in [6.45, 7) is 7.81. The van der Waals surface area contributed by atoms with Crippen molar-refractivity contribution < 1.29 is 9.59 Å². The van der Waals surface area contributed by atoms with E-state index in [-0.39, 0.29) is 18.4 Å². The Hall–Kier alpha value is -1.53. The van der Waals surface area contributed by atoms with E-state index >= 15 is 0 Å². The van der Waals surface area contributed by atoms with E-state index in [9.17, 15) is 9.59 Å². The van der Waals surface area contributed by atoms with Crippen LogP contribution in [0.4, 0.5) is 5.69 Å². The maximum atomic E-state index is 12.6. The van der Waals surface area contributed by atoms with E-state index in [2.05, 4.69) is 18.7 Å². The zero-order chi connectivity index (χ0) is 16.4. The molecule has 6 heteroatoms. The predicted octanol–water partition coefficient (Wildman–Crippen LogP) is 1.68. The van der Waals surface area contributed by atoms with Gasteiger partial charge in [0.2, 0.25) is 11.8 Å². The van der Waals surface area contributed by atoms with Gasteiger partial charge in [-0.25, -0.2) is 0 Å². The van der Waals surface area contributed by atoms with Crippen LogP contribution in [0.25, 0.3) is 0 Å². The van der Waals surface area contributed by atoms with Gasteiger partial charge in [-0.1, -0.05) is 12.1 Å². The highest BCUT2D eigenvalue weighted by Crippen LogP contribution is 2.34. The minimum absolute atomic E-state index is 0.0165. The molecule has 3 rings (SSSR count). The quantitative estimate of drug-likeness (QED) is 0.844. The Kier molecular flexibility index (Phi) is 4.92. The number of thioether (sulfide) groups is 1. The third kappa shape index (κ3) is 3.53. The maximum Gasteiger partial charge on any atom is 0.242 e. The molecule has 1 aromatic rings. The second kappa shape index (κ2) is 6.93. The molecule has 0 bridgehead atoms. The zero-order valence-corrected chi connectivity index (χ0v) is 14.5. The maximum absolute atomic E-state index is 12.6. The lowest BCUT2D eigenvalue weighted by molar-refractivity contribution is -0.133. The topological polar surface area (TPSA) is 43.9 Å². The average Bonchev–Trinajstić information content (AvgIpc) is 2.57. The number of nitrogens with zero attached hydrogens (tertiary/aromatic N) is 3. The van der Waals surface area contributed by atoms with Crippen LogP contribution in [0.15, 0.2) is 29.2 Å². The van der Waals surface area contributed by atoms with Crippen LogP contribution in [0.2, 0.25) is 0 Å². The summed E-state index contributed by atoms with van der Waals surface area (Å²) < 4.78 is 0. The summed E-state index contributed by atoms with van der Waals surface area (Å²) in [5.41, 5.74) is 0.864. The second-order valence-electron chi connectivity index (χ2n) is 6.25. The fraction of sp³-hybridized carbons (Fsp3) is 0.529. The van der Waals surface area contributed by atoms with Gasteiger partial charge in [0.05, 0.1) is 11.4 Å². The molecule has 2 amide bonds. The van der Waals surface area contributed by atoms with E-state index < -0.39 is 0 Å². The van der Waals surface area contributed by atoms with Crippen LogP contribution in [0.5, 0.6) is 0 Å². The van der Waals surface area contributed by atoms with Gasteiger partial charge in [-0.15, -0.1) is 11.8 Å². The van der Waals surface area contributed by atoms with Crippen LogP contribution in [-0.4, -0.2) is 66.1 Å². The molecule has 23 heavy (non-hydrogen) atoms. The molecular formula is C17H23N3O2S. The van der Waals surface area contributed by atoms with Crippen molar-refractivity contribution in [3.63, 3.8) is 0 Å². The molecule has 0 aromatic heterocycles. The summed E-state index contributed by atoms with van der Waals surface area (Å²) in [5, 5.41) is 0. The molecule has 0 atom stereocenters. The first-order chi connectivity index (χ1) is 11.1. The van der Waals surface area contributed by atoms with Crippen LogP contribution in [-0.2, 0) is 9.59 Å². The first-order valence-electron chi connectivity index (χ1n) is 8.10. The molecule has 0 unspecified atom stereocenters. The average molecular weight is 333 g/mol. The number of carbonyl (C=O) groups excluding carboxylic acids is 2. The molecular weight excluding hydrogens is 310 g/mol. The number of benzene rings is 1. The molecule has 0 N–H and O–H groups in total. The minimum Gasteiger partial charge on any atom is -0.339 e. The highest BCUT2D eigenvalue weighted by molar-refractivity contribution is 8.00. The zero-order valence-electron chi connectivity index (χ0n) is 13.7.